The topological polar surface area (TPSA) is 79.3 Å². The lowest BCUT2D eigenvalue weighted by molar-refractivity contribution is -0.121. The minimum Gasteiger partial charge on any atom is -0.375 e. The maximum atomic E-state index is 12.1. The van der Waals surface area contributed by atoms with Crippen LogP contribution in [0.15, 0.2) is 29.3 Å². The standard InChI is InChI=1S/C18H25N3O4S2/c1-4-20(5-2)13-6-8-14(9-7-13)21-15-11-27(23,24)12-16(15)26-18(21)19-17(22)10-25-3/h6-9,15-16H,4-5,10-12H2,1-3H3/t15-,16+/m0/s1. The van der Waals surface area contributed by atoms with Crippen molar-refractivity contribution in [3.8, 4) is 0 Å². The van der Waals surface area contributed by atoms with Gasteiger partial charge in [-0.3, -0.25) is 4.79 Å². The minimum absolute atomic E-state index is 0.0833. The summed E-state index contributed by atoms with van der Waals surface area (Å²) in [6.45, 7) is 5.95. The smallest absolute Gasteiger partial charge is 0.274 e. The zero-order valence-corrected chi connectivity index (χ0v) is 17.4. The summed E-state index contributed by atoms with van der Waals surface area (Å²) < 4.78 is 29.1. The minimum atomic E-state index is -3.07. The Labute approximate surface area is 164 Å². The van der Waals surface area contributed by atoms with Crippen LogP contribution in [0.3, 0.4) is 0 Å². The second-order valence-corrected chi connectivity index (χ2v) is 9.94. The summed E-state index contributed by atoms with van der Waals surface area (Å²) in [6.07, 6.45) is 0. The molecule has 148 valence electrons. The van der Waals surface area contributed by atoms with Crippen LogP contribution in [-0.2, 0) is 19.4 Å². The quantitative estimate of drug-likeness (QED) is 0.706. The van der Waals surface area contributed by atoms with Crippen LogP contribution < -0.4 is 9.80 Å². The molecule has 0 unspecified atom stereocenters. The summed E-state index contributed by atoms with van der Waals surface area (Å²) in [4.78, 5) is 20.3. The first kappa shape index (κ1) is 20.2. The van der Waals surface area contributed by atoms with Gasteiger partial charge in [-0.1, -0.05) is 11.8 Å². The lowest BCUT2D eigenvalue weighted by atomic mass is 10.2. The third-order valence-corrected chi connectivity index (χ3v) is 8.02. The number of carbonyl (C=O) groups excluding carboxylic acids is 1. The van der Waals surface area contributed by atoms with Crippen LogP contribution in [0.1, 0.15) is 13.8 Å². The van der Waals surface area contributed by atoms with Gasteiger partial charge in [0.15, 0.2) is 15.0 Å². The highest BCUT2D eigenvalue weighted by atomic mass is 32.2. The first-order valence-corrected chi connectivity index (χ1v) is 11.7. The normalized spacial score (nSPS) is 25.0. The van der Waals surface area contributed by atoms with Gasteiger partial charge in [0, 0.05) is 36.8 Å². The molecule has 0 spiro atoms. The molecule has 2 heterocycles. The number of amides is 1. The molecule has 3 rings (SSSR count). The molecule has 27 heavy (non-hydrogen) atoms. The number of aliphatic imine (C=N–C) groups is 1. The average molecular weight is 412 g/mol. The number of sulfone groups is 1. The number of hydrogen-bond acceptors (Lipinski definition) is 6. The van der Waals surface area contributed by atoms with Crippen molar-refractivity contribution in [1.82, 2.24) is 0 Å². The van der Waals surface area contributed by atoms with Crippen molar-refractivity contribution < 1.29 is 17.9 Å². The zero-order chi connectivity index (χ0) is 19.6. The van der Waals surface area contributed by atoms with Gasteiger partial charge >= 0.3 is 0 Å². The third-order valence-electron chi connectivity index (χ3n) is 4.81. The Morgan fingerprint density at radius 1 is 1.26 bits per heavy atom. The van der Waals surface area contributed by atoms with Crippen LogP contribution in [0.2, 0.25) is 0 Å². The zero-order valence-electron chi connectivity index (χ0n) is 15.8. The van der Waals surface area contributed by atoms with Crippen molar-refractivity contribution in [3.05, 3.63) is 24.3 Å². The number of fused-ring (bicyclic) bond motifs is 1. The SMILES string of the molecule is CCN(CC)c1ccc(N2C(=NC(=O)COC)S[C@@H]3CS(=O)(=O)C[C@@H]32)cc1. The molecule has 0 aromatic heterocycles. The largest absolute Gasteiger partial charge is 0.375 e. The Morgan fingerprint density at radius 3 is 2.52 bits per heavy atom. The van der Waals surface area contributed by atoms with Crippen LogP contribution in [0, 0.1) is 0 Å². The second-order valence-electron chi connectivity index (χ2n) is 6.58. The number of methoxy groups -OCH3 is 1. The van der Waals surface area contributed by atoms with Crippen molar-refractivity contribution in [3.63, 3.8) is 0 Å². The number of nitrogens with zero attached hydrogens (tertiary/aromatic N) is 3. The second kappa shape index (κ2) is 8.20. The maximum Gasteiger partial charge on any atom is 0.274 e. The van der Waals surface area contributed by atoms with Gasteiger partial charge in [-0.15, -0.1) is 0 Å². The van der Waals surface area contributed by atoms with Gasteiger partial charge in [0.05, 0.1) is 17.5 Å². The van der Waals surface area contributed by atoms with Gasteiger partial charge in [-0.25, -0.2) is 8.42 Å². The molecular formula is C18H25N3O4S2. The van der Waals surface area contributed by atoms with Gasteiger partial charge < -0.3 is 14.5 Å². The molecule has 0 bridgehead atoms. The molecule has 2 aliphatic rings. The Bertz CT molecular complexity index is 820. The molecule has 0 aliphatic carbocycles. The van der Waals surface area contributed by atoms with Crippen molar-refractivity contribution in [2.75, 3.05) is 48.1 Å². The number of thioether (sulfide) groups is 1. The molecule has 9 heteroatoms. The van der Waals surface area contributed by atoms with Crippen LogP contribution >= 0.6 is 11.8 Å². The number of amidine groups is 1. The predicted octanol–water partition coefficient (Wildman–Crippen LogP) is 1.78. The van der Waals surface area contributed by atoms with Gasteiger partial charge in [0.25, 0.3) is 5.91 Å². The van der Waals surface area contributed by atoms with Crippen molar-refractivity contribution >= 4 is 44.0 Å². The van der Waals surface area contributed by atoms with E-state index in [1.165, 1.54) is 18.9 Å². The summed E-state index contributed by atoms with van der Waals surface area (Å²) in [7, 11) is -1.62. The van der Waals surface area contributed by atoms with E-state index in [0.717, 1.165) is 24.5 Å². The molecular weight excluding hydrogens is 386 g/mol. The summed E-state index contributed by atoms with van der Waals surface area (Å²) in [5, 5.41) is 0.448. The van der Waals surface area contributed by atoms with Gasteiger partial charge in [-0.2, -0.15) is 4.99 Å². The number of rotatable bonds is 6. The third kappa shape index (κ3) is 4.30. The van der Waals surface area contributed by atoms with Crippen LogP contribution in [-0.4, -0.2) is 69.1 Å². The van der Waals surface area contributed by atoms with E-state index >= 15 is 0 Å². The van der Waals surface area contributed by atoms with Crippen molar-refractivity contribution in [2.24, 2.45) is 4.99 Å². The molecule has 1 aromatic rings. The van der Waals surface area contributed by atoms with Crippen molar-refractivity contribution in [1.29, 1.82) is 0 Å². The Balaban J connectivity index is 1.93. The highest BCUT2D eigenvalue weighted by Crippen LogP contribution is 2.41. The molecule has 1 aromatic carbocycles. The first-order chi connectivity index (χ1) is 12.9. The number of ether oxygens (including phenoxy) is 1. The van der Waals surface area contributed by atoms with Gasteiger partial charge in [0.2, 0.25) is 0 Å². The van der Waals surface area contributed by atoms with Crippen LogP contribution in [0.25, 0.3) is 0 Å². The van der Waals surface area contributed by atoms with E-state index in [-0.39, 0.29) is 35.3 Å². The van der Waals surface area contributed by atoms with E-state index in [0.29, 0.717) is 5.17 Å². The van der Waals surface area contributed by atoms with E-state index in [1.54, 1.807) is 0 Å². The number of benzene rings is 1. The molecule has 0 radical (unpaired) electrons. The molecule has 0 N–H and O–H groups in total. The highest BCUT2D eigenvalue weighted by Gasteiger charge is 2.49. The van der Waals surface area contributed by atoms with Gasteiger partial charge in [0.1, 0.15) is 6.61 Å². The Morgan fingerprint density at radius 2 is 1.93 bits per heavy atom. The fourth-order valence-electron chi connectivity index (χ4n) is 3.54. The van der Waals surface area contributed by atoms with Crippen LogP contribution in [0.5, 0.6) is 0 Å². The number of anilines is 2. The molecule has 2 fully saturated rings. The van der Waals surface area contributed by atoms with E-state index in [4.69, 9.17) is 4.74 Å². The Kier molecular flexibility index (Phi) is 6.12. The summed E-state index contributed by atoms with van der Waals surface area (Å²) in [5.74, 6) is -0.166. The molecule has 7 nitrogen and oxygen atoms in total. The maximum absolute atomic E-state index is 12.1. The highest BCUT2D eigenvalue weighted by molar-refractivity contribution is 8.16. The molecule has 0 saturated carbocycles. The van der Waals surface area contributed by atoms with E-state index < -0.39 is 9.84 Å². The summed E-state index contributed by atoms with van der Waals surface area (Å²) in [5.41, 5.74) is 1.96. The monoisotopic (exact) mass is 411 g/mol. The van der Waals surface area contributed by atoms with E-state index in [1.807, 2.05) is 29.2 Å². The first-order valence-electron chi connectivity index (χ1n) is 9.00. The molecule has 2 atom stereocenters. The summed E-state index contributed by atoms with van der Waals surface area (Å²) >= 11 is 1.37. The predicted molar refractivity (Wildman–Crippen MR) is 111 cm³/mol. The lowest BCUT2D eigenvalue weighted by Crippen LogP contribution is -2.37. The fourth-order valence-corrected chi connectivity index (χ4v) is 7.47. The number of carbonyl (C=O) groups is 1. The van der Waals surface area contributed by atoms with Crippen LogP contribution in [0.4, 0.5) is 11.4 Å². The number of hydrogen-bond donors (Lipinski definition) is 0. The Hall–Kier alpha value is -1.58. The van der Waals surface area contributed by atoms with Crippen molar-refractivity contribution in [2.45, 2.75) is 25.1 Å². The molecule has 2 saturated heterocycles. The summed E-state index contributed by atoms with van der Waals surface area (Å²) in [6, 6.07) is 7.79. The molecule has 2 aliphatic heterocycles. The average Bonchev–Trinajstić information content (AvgIpc) is 3.07. The lowest BCUT2D eigenvalue weighted by Gasteiger charge is -2.26. The van der Waals surface area contributed by atoms with E-state index in [2.05, 4.69) is 23.7 Å². The van der Waals surface area contributed by atoms with Gasteiger partial charge in [-0.05, 0) is 38.1 Å². The molecule has 1 amide bonds. The van der Waals surface area contributed by atoms with E-state index in [9.17, 15) is 13.2 Å². The fraction of sp³-hybridized carbons (Fsp3) is 0.556.